The normalized spacial score (nSPS) is 21.9. The van der Waals surface area contributed by atoms with Crippen LogP contribution in [0, 0.1) is 11.3 Å². The quantitative estimate of drug-likeness (QED) is 0.128. The van der Waals surface area contributed by atoms with Gasteiger partial charge in [0.2, 0.25) is 0 Å². The molecule has 1 nitrogen and oxygen atoms in total. The van der Waals surface area contributed by atoms with E-state index in [0.717, 1.165) is 22.5 Å². The Bertz CT molecular complexity index is 1280. The summed E-state index contributed by atoms with van der Waals surface area (Å²) in [6.45, 7) is 2.70. The molecule has 3 aromatic rings. The first-order valence-corrected chi connectivity index (χ1v) is 22.2. The SMILES string of the molecule is CC([c-]1cccc1P(C1CCCCC1)C1CCCCC1)[P@@](C1CCCCC1)C1(c2ccc(C#N)cc2)CCCCC1.Cl.[Fe+2].c1cc[cH-]c1. The molecule has 1 unspecified atom stereocenters. The van der Waals surface area contributed by atoms with E-state index in [1.54, 1.807) is 11.1 Å². The summed E-state index contributed by atoms with van der Waals surface area (Å²) >= 11 is 0. The third-order valence-electron chi connectivity index (χ3n) is 12.2. The largest absolute Gasteiger partial charge is 2.00 e. The first-order chi connectivity index (χ1) is 22.7. The molecule has 4 saturated carbocycles. The fourth-order valence-corrected chi connectivity index (χ4v) is 18.9. The smallest absolute Gasteiger partial charge is 0.214 e. The molecule has 5 heteroatoms. The third kappa shape index (κ3) is 9.49. The summed E-state index contributed by atoms with van der Waals surface area (Å²) in [4.78, 5) is 0. The van der Waals surface area contributed by atoms with E-state index >= 15 is 0 Å². The number of hydrogen-bond donors (Lipinski definition) is 0. The maximum atomic E-state index is 9.58. The molecule has 48 heavy (non-hydrogen) atoms. The van der Waals surface area contributed by atoms with E-state index in [2.05, 4.69) is 55.5 Å². The second kappa shape index (κ2) is 20.2. The minimum atomic E-state index is -0.232. The van der Waals surface area contributed by atoms with E-state index in [-0.39, 0.29) is 45.3 Å². The van der Waals surface area contributed by atoms with Gasteiger partial charge >= 0.3 is 17.1 Å². The maximum absolute atomic E-state index is 9.58. The molecule has 4 aliphatic carbocycles. The van der Waals surface area contributed by atoms with Gasteiger partial charge in [0, 0.05) is 5.16 Å². The van der Waals surface area contributed by atoms with Crippen LogP contribution in [-0.4, -0.2) is 17.0 Å². The minimum Gasteiger partial charge on any atom is -0.214 e. The predicted molar refractivity (Wildman–Crippen MR) is 210 cm³/mol. The fraction of sp³-hybridized carbons (Fsp3) is 0.605. The Morgan fingerprint density at radius 2 is 1.21 bits per heavy atom. The van der Waals surface area contributed by atoms with Gasteiger partial charge in [-0.05, 0) is 91.7 Å². The molecule has 0 aromatic heterocycles. The first-order valence-electron chi connectivity index (χ1n) is 19.2. The summed E-state index contributed by atoms with van der Waals surface area (Å²) in [6.07, 6.45) is 28.9. The second-order valence-electron chi connectivity index (χ2n) is 15.0. The molecule has 4 fully saturated rings. The summed E-state index contributed by atoms with van der Waals surface area (Å²) in [5.74, 6) is 0. The molecule has 4 aliphatic rings. The van der Waals surface area contributed by atoms with Crippen LogP contribution in [0.5, 0.6) is 0 Å². The van der Waals surface area contributed by atoms with E-state index in [1.165, 1.54) is 128 Å². The number of nitriles is 1. The Morgan fingerprint density at radius 3 is 1.69 bits per heavy atom. The van der Waals surface area contributed by atoms with E-state index in [4.69, 9.17) is 0 Å². The third-order valence-corrected chi connectivity index (χ3v) is 19.8. The molecule has 0 aliphatic heterocycles. The maximum Gasteiger partial charge on any atom is 2.00 e. The number of benzene rings is 1. The molecule has 0 bridgehead atoms. The van der Waals surface area contributed by atoms with Crippen LogP contribution in [0.1, 0.15) is 158 Å². The fourth-order valence-electron chi connectivity index (χ4n) is 9.98. The van der Waals surface area contributed by atoms with Gasteiger partial charge in [0.25, 0.3) is 0 Å². The van der Waals surface area contributed by atoms with Crippen molar-refractivity contribution in [3.05, 3.63) is 89.5 Å². The average molecular weight is 744 g/mol. The van der Waals surface area contributed by atoms with Crippen molar-refractivity contribution in [2.75, 3.05) is 0 Å². The molecule has 7 rings (SSSR count). The number of hydrogen-bond acceptors (Lipinski definition) is 1. The van der Waals surface area contributed by atoms with E-state index in [0.29, 0.717) is 10.8 Å². The van der Waals surface area contributed by atoms with Crippen LogP contribution in [0.2, 0.25) is 0 Å². The van der Waals surface area contributed by atoms with Crippen LogP contribution in [0.15, 0.2) is 72.8 Å². The zero-order valence-corrected chi connectivity index (χ0v) is 33.2. The molecule has 0 heterocycles. The zero-order valence-electron chi connectivity index (χ0n) is 29.5. The molecular weight excluding hydrogens is 684 g/mol. The van der Waals surface area contributed by atoms with Crippen LogP contribution in [0.25, 0.3) is 0 Å². The van der Waals surface area contributed by atoms with Gasteiger partial charge < -0.3 is 0 Å². The molecule has 2 atom stereocenters. The zero-order chi connectivity index (χ0) is 31.6. The molecule has 0 spiro atoms. The van der Waals surface area contributed by atoms with E-state index in [9.17, 15) is 5.26 Å². The Kier molecular flexibility index (Phi) is 16.8. The molecular formula is C43H60ClFeNP2. The van der Waals surface area contributed by atoms with Crippen LogP contribution in [0.4, 0.5) is 0 Å². The number of halogens is 1. The Labute approximate surface area is 313 Å². The van der Waals surface area contributed by atoms with Crippen molar-refractivity contribution in [2.24, 2.45) is 0 Å². The van der Waals surface area contributed by atoms with Gasteiger partial charge in [-0.15, -0.1) is 23.3 Å². The van der Waals surface area contributed by atoms with Gasteiger partial charge in [-0.25, -0.2) is 24.3 Å². The Morgan fingerprint density at radius 1 is 0.708 bits per heavy atom. The molecule has 0 radical (unpaired) electrons. The summed E-state index contributed by atoms with van der Waals surface area (Å²) in [7, 11) is -0.303. The van der Waals surface area contributed by atoms with Crippen molar-refractivity contribution in [1.29, 1.82) is 5.26 Å². The van der Waals surface area contributed by atoms with Crippen LogP contribution >= 0.6 is 28.3 Å². The summed E-state index contributed by atoms with van der Waals surface area (Å²) in [5, 5.41) is 11.8. The monoisotopic (exact) mass is 743 g/mol. The summed E-state index contributed by atoms with van der Waals surface area (Å²) in [5.41, 5.74) is 7.69. The van der Waals surface area contributed by atoms with Gasteiger partial charge in [0.15, 0.2) is 0 Å². The van der Waals surface area contributed by atoms with Gasteiger partial charge in [0.05, 0.1) is 11.6 Å². The van der Waals surface area contributed by atoms with E-state index in [1.807, 2.05) is 35.6 Å². The van der Waals surface area contributed by atoms with Crippen molar-refractivity contribution in [3.8, 4) is 6.07 Å². The second-order valence-corrected chi connectivity index (χ2v) is 20.9. The molecule has 0 saturated heterocycles. The van der Waals surface area contributed by atoms with E-state index < -0.39 is 0 Å². The van der Waals surface area contributed by atoms with Crippen molar-refractivity contribution >= 4 is 33.6 Å². The average Bonchev–Trinajstić information content (AvgIpc) is 3.87. The van der Waals surface area contributed by atoms with Crippen LogP contribution < -0.4 is 5.30 Å². The minimum absolute atomic E-state index is 0. The topological polar surface area (TPSA) is 23.8 Å². The summed E-state index contributed by atoms with van der Waals surface area (Å²) < 4.78 is 0. The van der Waals surface area contributed by atoms with Crippen LogP contribution in [0.3, 0.4) is 0 Å². The van der Waals surface area contributed by atoms with Crippen molar-refractivity contribution in [1.82, 2.24) is 0 Å². The van der Waals surface area contributed by atoms with Crippen molar-refractivity contribution < 1.29 is 17.1 Å². The van der Waals surface area contributed by atoms with Gasteiger partial charge in [-0.1, -0.05) is 112 Å². The van der Waals surface area contributed by atoms with Crippen LogP contribution in [-0.2, 0) is 22.2 Å². The van der Waals surface area contributed by atoms with Crippen molar-refractivity contribution in [3.63, 3.8) is 0 Å². The standard InChI is InChI=1S/C38H54NP2.C5H5.ClH.Fe/c1-30(36-21-14-22-37(36)40(33-15-6-2-7-16-33)34-17-8-3-9-18-34)41(35-19-10-4-11-20-35)38(27-12-5-13-28-38)32-25-23-31(29-39)24-26-32;1-2-4-5-3-1;;/h14,21-26,30,33-35H,2-13,15-20,27-28H2,1H3;1-5H;1H;/q2*-1;;+2/t30?,41-;;;/m0.../s1. The Hall–Kier alpha value is -0.921. The molecule has 3 aromatic carbocycles. The summed E-state index contributed by atoms with van der Waals surface area (Å²) in [6, 6.07) is 29.2. The molecule has 262 valence electrons. The number of rotatable bonds is 8. The van der Waals surface area contributed by atoms with Gasteiger partial charge in [0.1, 0.15) is 0 Å². The Balaban J connectivity index is 0.000000682. The van der Waals surface area contributed by atoms with Gasteiger partial charge in [-0.2, -0.15) is 29.5 Å². The number of nitrogens with zero attached hydrogens (tertiary/aromatic N) is 1. The molecule has 0 amide bonds. The first kappa shape index (κ1) is 39.9. The van der Waals surface area contributed by atoms with Crippen molar-refractivity contribution in [2.45, 2.75) is 163 Å². The molecule has 0 N–H and O–H groups in total. The van der Waals surface area contributed by atoms with Gasteiger partial charge in [-0.3, -0.25) is 0 Å². The predicted octanol–water partition coefficient (Wildman–Crippen LogP) is 13.6.